The summed E-state index contributed by atoms with van der Waals surface area (Å²) >= 11 is 0. The molecule has 0 aliphatic heterocycles. The lowest BCUT2D eigenvalue weighted by molar-refractivity contribution is -0.139. The maximum Gasteiger partial charge on any atom is 0.326 e. The van der Waals surface area contributed by atoms with Gasteiger partial charge in [-0.2, -0.15) is 0 Å². The molecule has 0 saturated carbocycles. The van der Waals surface area contributed by atoms with Gasteiger partial charge in [0.15, 0.2) is 0 Å². The largest absolute Gasteiger partial charge is 0.508 e. The van der Waals surface area contributed by atoms with Gasteiger partial charge in [0, 0.05) is 25.7 Å². The second-order valence-electron chi connectivity index (χ2n) is 4.15. The first-order chi connectivity index (χ1) is 8.95. The molecule has 1 aromatic carbocycles. The van der Waals surface area contributed by atoms with E-state index in [4.69, 9.17) is 9.84 Å². The number of phenols is 1. The Balaban J connectivity index is 2.75. The summed E-state index contributed by atoms with van der Waals surface area (Å²) in [5.74, 6) is -1.52. The summed E-state index contributed by atoms with van der Waals surface area (Å²) in [6, 6.07) is 3.34. The first kappa shape index (κ1) is 15.0. The first-order valence-electron chi connectivity index (χ1n) is 5.78. The Kier molecular flexibility index (Phi) is 5.32. The second-order valence-corrected chi connectivity index (χ2v) is 4.15. The maximum absolute atomic E-state index is 11.9. The fourth-order valence-corrected chi connectivity index (χ4v) is 1.53. The summed E-state index contributed by atoms with van der Waals surface area (Å²) in [6.07, 6.45) is 0.189. The maximum atomic E-state index is 11.9. The van der Waals surface area contributed by atoms with Crippen molar-refractivity contribution in [3.63, 3.8) is 0 Å². The van der Waals surface area contributed by atoms with Crippen molar-refractivity contribution in [3.05, 3.63) is 29.3 Å². The van der Waals surface area contributed by atoms with Crippen molar-refractivity contribution in [2.75, 3.05) is 13.7 Å². The molecule has 1 unspecified atom stereocenters. The van der Waals surface area contributed by atoms with Crippen LogP contribution in [0.4, 0.5) is 0 Å². The number of benzene rings is 1. The molecule has 0 heterocycles. The number of rotatable bonds is 6. The highest BCUT2D eigenvalue weighted by Crippen LogP contribution is 2.17. The molecular weight excluding hydrogens is 250 g/mol. The van der Waals surface area contributed by atoms with Crippen LogP contribution in [0.15, 0.2) is 18.2 Å². The Morgan fingerprint density at radius 3 is 2.63 bits per heavy atom. The fraction of sp³-hybridized carbons (Fsp3) is 0.385. The minimum Gasteiger partial charge on any atom is -0.508 e. The number of aromatic hydroxyl groups is 1. The first-order valence-corrected chi connectivity index (χ1v) is 5.78. The lowest BCUT2D eigenvalue weighted by Gasteiger charge is -2.14. The van der Waals surface area contributed by atoms with Crippen LogP contribution >= 0.6 is 0 Å². The molecule has 1 aromatic rings. The lowest BCUT2D eigenvalue weighted by Crippen LogP contribution is -2.41. The van der Waals surface area contributed by atoms with Gasteiger partial charge in [0.1, 0.15) is 11.8 Å². The van der Waals surface area contributed by atoms with E-state index in [0.29, 0.717) is 11.1 Å². The fourth-order valence-electron chi connectivity index (χ4n) is 1.53. The van der Waals surface area contributed by atoms with Gasteiger partial charge in [-0.15, -0.1) is 0 Å². The van der Waals surface area contributed by atoms with E-state index >= 15 is 0 Å². The minimum atomic E-state index is -1.11. The number of carbonyl (C=O) groups is 2. The SMILES string of the molecule is COCCC(NC(=O)c1ccc(O)c(C)c1)C(=O)O. The van der Waals surface area contributed by atoms with Crippen LogP contribution in [0.2, 0.25) is 0 Å². The van der Waals surface area contributed by atoms with Crippen LogP contribution < -0.4 is 5.32 Å². The number of amides is 1. The molecule has 6 heteroatoms. The second kappa shape index (κ2) is 6.75. The highest BCUT2D eigenvalue weighted by molar-refractivity contribution is 5.96. The topological polar surface area (TPSA) is 95.9 Å². The van der Waals surface area contributed by atoms with Crippen molar-refractivity contribution >= 4 is 11.9 Å². The Labute approximate surface area is 111 Å². The number of methoxy groups -OCH3 is 1. The van der Waals surface area contributed by atoms with E-state index in [1.807, 2.05) is 0 Å². The summed E-state index contributed by atoms with van der Waals surface area (Å²) in [7, 11) is 1.46. The number of carboxylic acids is 1. The molecule has 3 N–H and O–H groups in total. The Morgan fingerprint density at radius 1 is 1.42 bits per heavy atom. The van der Waals surface area contributed by atoms with E-state index in [1.165, 1.54) is 25.3 Å². The predicted octanol–water partition coefficient (Wildman–Crippen LogP) is 0.920. The highest BCUT2D eigenvalue weighted by atomic mass is 16.5. The van der Waals surface area contributed by atoms with Gasteiger partial charge in [0.05, 0.1) is 0 Å². The third-order valence-electron chi connectivity index (χ3n) is 2.67. The minimum absolute atomic E-state index is 0.0886. The molecule has 1 rings (SSSR count). The van der Waals surface area contributed by atoms with Crippen molar-refractivity contribution in [2.45, 2.75) is 19.4 Å². The molecule has 6 nitrogen and oxygen atoms in total. The number of nitrogens with one attached hydrogen (secondary N) is 1. The molecule has 0 aliphatic rings. The monoisotopic (exact) mass is 267 g/mol. The van der Waals surface area contributed by atoms with Crippen molar-refractivity contribution in [2.24, 2.45) is 0 Å². The third kappa shape index (κ3) is 4.26. The van der Waals surface area contributed by atoms with Crippen LogP contribution in [0.1, 0.15) is 22.3 Å². The van der Waals surface area contributed by atoms with E-state index in [1.54, 1.807) is 6.92 Å². The van der Waals surface area contributed by atoms with Gasteiger partial charge < -0.3 is 20.3 Å². The molecular formula is C13H17NO5. The third-order valence-corrected chi connectivity index (χ3v) is 2.67. The van der Waals surface area contributed by atoms with Crippen LogP contribution in [-0.4, -0.2) is 41.8 Å². The number of carboxylic acid groups (broad SMARTS) is 1. The molecule has 0 spiro atoms. The van der Waals surface area contributed by atoms with E-state index in [-0.39, 0.29) is 18.8 Å². The number of hydrogen-bond donors (Lipinski definition) is 3. The standard InChI is InChI=1S/C13H17NO5/c1-8-7-9(3-4-11(8)15)12(16)14-10(13(17)18)5-6-19-2/h3-4,7,10,15H,5-6H2,1-2H3,(H,14,16)(H,17,18). The van der Waals surface area contributed by atoms with Crippen LogP contribution in [0, 0.1) is 6.92 Å². The Hall–Kier alpha value is -2.08. The molecule has 0 aromatic heterocycles. The molecule has 104 valence electrons. The van der Waals surface area contributed by atoms with Gasteiger partial charge in [-0.05, 0) is 30.7 Å². The highest BCUT2D eigenvalue weighted by Gasteiger charge is 2.20. The zero-order valence-corrected chi connectivity index (χ0v) is 10.8. The molecule has 0 saturated heterocycles. The number of phenolic OH excluding ortho intramolecular Hbond substituents is 1. The number of carbonyl (C=O) groups excluding carboxylic acids is 1. The van der Waals surface area contributed by atoms with E-state index in [9.17, 15) is 14.7 Å². The van der Waals surface area contributed by atoms with Crippen molar-refractivity contribution in [1.82, 2.24) is 5.32 Å². The van der Waals surface area contributed by atoms with Crippen molar-refractivity contribution < 1.29 is 24.5 Å². The number of aliphatic carboxylic acids is 1. The van der Waals surface area contributed by atoms with Crippen LogP contribution in [0.5, 0.6) is 5.75 Å². The van der Waals surface area contributed by atoms with E-state index in [2.05, 4.69) is 5.32 Å². The van der Waals surface area contributed by atoms with Crippen LogP contribution in [-0.2, 0) is 9.53 Å². The number of aryl methyl sites for hydroxylation is 1. The van der Waals surface area contributed by atoms with Crippen LogP contribution in [0.25, 0.3) is 0 Å². The van der Waals surface area contributed by atoms with Gasteiger partial charge in [0.25, 0.3) is 5.91 Å². The summed E-state index contributed by atoms with van der Waals surface area (Å²) in [5, 5.41) is 20.8. The average molecular weight is 267 g/mol. The van der Waals surface area contributed by atoms with E-state index < -0.39 is 17.9 Å². The van der Waals surface area contributed by atoms with Gasteiger partial charge >= 0.3 is 5.97 Å². The van der Waals surface area contributed by atoms with E-state index in [0.717, 1.165) is 0 Å². The van der Waals surface area contributed by atoms with Gasteiger partial charge in [0.2, 0.25) is 0 Å². The Bertz CT molecular complexity index is 472. The van der Waals surface area contributed by atoms with Gasteiger partial charge in [-0.1, -0.05) is 0 Å². The molecule has 1 amide bonds. The van der Waals surface area contributed by atoms with Crippen LogP contribution in [0.3, 0.4) is 0 Å². The molecule has 0 bridgehead atoms. The summed E-state index contributed by atoms with van der Waals surface area (Å²) < 4.78 is 4.80. The molecule has 0 radical (unpaired) electrons. The zero-order chi connectivity index (χ0) is 14.4. The number of ether oxygens (including phenoxy) is 1. The molecule has 19 heavy (non-hydrogen) atoms. The van der Waals surface area contributed by atoms with Gasteiger partial charge in [-0.3, -0.25) is 4.79 Å². The number of hydrogen-bond acceptors (Lipinski definition) is 4. The Morgan fingerprint density at radius 2 is 2.11 bits per heavy atom. The quantitative estimate of drug-likeness (QED) is 0.712. The summed E-state index contributed by atoms with van der Waals surface area (Å²) in [6.45, 7) is 1.90. The van der Waals surface area contributed by atoms with Crippen molar-refractivity contribution in [3.8, 4) is 5.75 Å². The zero-order valence-electron chi connectivity index (χ0n) is 10.8. The van der Waals surface area contributed by atoms with Gasteiger partial charge in [-0.25, -0.2) is 4.79 Å². The molecule has 1 atom stereocenters. The van der Waals surface area contributed by atoms with Crippen molar-refractivity contribution in [1.29, 1.82) is 0 Å². The summed E-state index contributed by atoms with van der Waals surface area (Å²) in [4.78, 5) is 22.9. The lowest BCUT2D eigenvalue weighted by atomic mass is 10.1. The average Bonchev–Trinajstić information content (AvgIpc) is 2.37. The smallest absolute Gasteiger partial charge is 0.326 e. The molecule has 0 aliphatic carbocycles. The normalized spacial score (nSPS) is 11.9. The molecule has 0 fully saturated rings. The predicted molar refractivity (Wildman–Crippen MR) is 68.2 cm³/mol. The summed E-state index contributed by atoms with van der Waals surface area (Å²) in [5.41, 5.74) is 0.857.